The van der Waals surface area contributed by atoms with Crippen LogP contribution in [0.25, 0.3) is 100 Å². The molecule has 10 rings (SSSR count). The molecular formula is C46H28N2O2. The normalized spacial score (nSPS) is 11.6. The number of hydrogen-bond acceptors (Lipinski definition) is 4. The van der Waals surface area contributed by atoms with Crippen molar-refractivity contribution in [2.24, 2.45) is 0 Å². The number of furan rings is 2. The second kappa shape index (κ2) is 11.4. The number of rotatable bonds is 5. The molecule has 0 N–H and O–H groups in total. The van der Waals surface area contributed by atoms with Crippen molar-refractivity contribution in [3.63, 3.8) is 0 Å². The molecule has 0 amide bonds. The van der Waals surface area contributed by atoms with Crippen molar-refractivity contribution in [2.45, 2.75) is 0 Å². The summed E-state index contributed by atoms with van der Waals surface area (Å²) in [7, 11) is 0. The second-order valence-corrected chi connectivity index (χ2v) is 12.5. The van der Waals surface area contributed by atoms with Gasteiger partial charge in [0.25, 0.3) is 0 Å². The van der Waals surface area contributed by atoms with E-state index in [4.69, 9.17) is 18.8 Å². The largest absolute Gasteiger partial charge is 0.455 e. The van der Waals surface area contributed by atoms with Crippen molar-refractivity contribution in [3.05, 3.63) is 170 Å². The molecule has 0 aliphatic heterocycles. The molecule has 0 aliphatic rings. The minimum absolute atomic E-state index is 0.665. The van der Waals surface area contributed by atoms with Gasteiger partial charge in [0.15, 0.2) is 5.82 Å². The van der Waals surface area contributed by atoms with Gasteiger partial charge in [-0.05, 0) is 35.4 Å². The maximum absolute atomic E-state index is 6.74. The van der Waals surface area contributed by atoms with E-state index in [1.54, 1.807) is 0 Å². The Morgan fingerprint density at radius 2 is 0.880 bits per heavy atom. The van der Waals surface area contributed by atoms with Gasteiger partial charge in [-0.25, -0.2) is 9.97 Å². The molecule has 234 valence electrons. The van der Waals surface area contributed by atoms with Gasteiger partial charge in [-0.1, -0.05) is 146 Å². The third kappa shape index (κ3) is 4.54. The van der Waals surface area contributed by atoms with Gasteiger partial charge < -0.3 is 8.83 Å². The van der Waals surface area contributed by atoms with Crippen LogP contribution in [0, 0.1) is 0 Å². The maximum Gasteiger partial charge on any atom is 0.161 e. The maximum atomic E-state index is 6.74. The second-order valence-electron chi connectivity index (χ2n) is 12.5. The van der Waals surface area contributed by atoms with Gasteiger partial charge in [0, 0.05) is 49.4 Å². The average molecular weight is 641 g/mol. The molecule has 0 aliphatic carbocycles. The Kier molecular flexibility index (Phi) is 6.46. The van der Waals surface area contributed by atoms with Crippen molar-refractivity contribution in [1.29, 1.82) is 0 Å². The number of aromatic nitrogens is 2. The van der Waals surface area contributed by atoms with E-state index in [-0.39, 0.29) is 0 Å². The van der Waals surface area contributed by atoms with Crippen LogP contribution in [0.4, 0.5) is 0 Å². The summed E-state index contributed by atoms with van der Waals surface area (Å²) < 4.78 is 13.2. The number of nitrogens with zero attached hydrogens (tertiary/aromatic N) is 2. The fourth-order valence-electron chi connectivity index (χ4n) is 7.22. The lowest BCUT2D eigenvalue weighted by molar-refractivity contribution is 0.665. The van der Waals surface area contributed by atoms with Crippen LogP contribution in [0.3, 0.4) is 0 Å². The Hall–Kier alpha value is -6.78. The highest BCUT2D eigenvalue weighted by molar-refractivity contribution is 6.18. The van der Waals surface area contributed by atoms with Crippen molar-refractivity contribution in [3.8, 4) is 56.2 Å². The van der Waals surface area contributed by atoms with Crippen LogP contribution in [0.15, 0.2) is 179 Å². The molecule has 3 aromatic heterocycles. The first kappa shape index (κ1) is 28.3. The summed E-state index contributed by atoms with van der Waals surface area (Å²) in [6, 6.07) is 58.2. The van der Waals surface area contributed by atoms with Crippen molar-refractivity contribution < 1.29 is 8.83 Å². The molecule has 3 heterocycles. The van der Waals surface area contributed by atoms with Crippen LogP contribution in [0.5, 0.6) is 0 Å². The van der Waals surface area contributed by atoms with Gasteiger partial charge in [0.05, 0.1) is 11.4 Å². The van der Waals surface area contributed by atoms with Gasteiger partial charge in [-0.15, -0.1) is 0 Å². The molecule has 4 heteroatoms. The molecule has 0 radical (unpaired) electrons. The van der Waals surface area contributed by atoms with Crippen LogP contribution in [0.1, 0.15) is 0 Å². The monoisotopic (exact) mass is 640 g/mol. The molecule has 0 saturated carbocycles. The van der Waals surface area contributed by atoms with Gasteiger partial charge in [0.2, 0.25) is 0 Å². The average Bonchev–Trinajstić information content (AvgIpc) is 3.77. The first-order chi connectivity index (χ1) is 24.8. The molecular weight excluding hydrogens is 613 g/mol. The van der Waals surface area contributed by atoms with Crippen LogP contribution >= 0.6 is 0 Å². The van der Waals surface area contributed by atoms with E-state index in [2.05, 4.69) is 115 Å². The SMILES string of the molecule is c1ccc(-c2cc(-c3ccc(-c4cccc5c4oc4ccccc45)c4oc5ccccc5c34)nc(-c3ccccc3-c3ccccc3)n2)cc1. The van der Waals surface area contributed by atoms with Crippen molar-refractivity contribution in [2.75, 3.05) is 0 Å². The van der Waals surface area contributed by atoms with Gasteiger partial charge >= 0.3 is 0 Å². The Morgan fingerprint density at radius 3 is 1.68 bits per heavy atom. The minimum Gasteiger partial charge on any atom is -0.455 e. The van der Waals surface area contributed by atoms with Crippen LogP contribution in [-0.2, 0) is 0 Å². The molecule has 0 unspecified atom stereocenters. The molecule has 7 aromatic carbocycles. The Balaban J connectivity index is 1.25. The zero-order valence-corrected chi connectivity index (χ0v) is 26.9. The predicted octanol–water partition coefficient (Wildman–Crippen LogP) is 12.6. The third-order valence-corrected chi connectivity index (χ3v) is 9.54. The van der Waals surface area contributed by atoms with Gasteiger partial charge in [0.1, 0.15) is 22.3 Å². The predicted molar refractivity (Wildman–Crippen MR) is 204 cm³/mol. The van der Waals surface area contributed by atoms with E-state index in [1.165, 1.54) is 0 Å². The van der Waals surface area contributed by atoms with E-state index in [0.717, 1.165) is 94.2 Å². The summed E-state index contributed by atoms with van der Waals surface area (Å²) in [5.74, 6) is 0.665. The fourth-order valence-corrected chi connectivity index (χ4v) is 7.22. The summed E-state index contributed by atoms with van der Waals surface area (Å²) in [5.41, 5.74) is 12.1. The molecule has 10 aromatic rings. The highest BCUT2D eigenvalue weighted by Gasteiger charge is 2.22. The van der Waals surface area contributed by atoms with Crippen molar-refractivity contribution >= 4 is 43.9 Å². The number of para-hydroxylation sites is 3. The first-order valence-electron chi connectivity index (χ1n) is 16.7. The number of fused-ring (bicyclic) bond motifs is 6. The van der Waals surface area contributed by atoms with E-state index in [1.807, 2.05) is 54.6 Å². The van der Waals surface area contributed by atoms with E-state index in [0.29, 0.717) is 5.82 Å². The summed E-state index contributed by atoms with van der Waals surface area (Å²) in [6.07, 6.45) is 0. The zero-order valence-electron chi connectivity index (χ0n) is 26.9. The Bertz CT molecular complexity index is 2870. The standard InChI is InChI=1S/C46H28N2O2/c1-3-14-29(15-4-1)31-18-7-8-20-36(31)46-47-39(30-16-5-2-6-17-30)28-40(48-46)37-27-26-35(45-43(37)38-21-10-12-25-42(38)50-45)34-23-13-22-33-32-19-9-11-24-41(32)49-44(33)34/h1-28H. The molecule has 0 atom stereocenters. The molecule has 4 nitrogen and oxygen atoms in total. The highest BCUT2D eigenvalue weighted by atomic mass is 16.3. The Labute approximate surface area is 287 Å². The fraction of sp³-hybridized carbons (Fsp3) is 0. The van der Waals surface area contributed by atoms with E-state index >= 15 is 0 Å². The van der Waals surface area contributed by atoms with E-state index < -0.39 is 0 Å². The van der Waals surface area contributed by atoms with E-state index in [9.17, 15) is 0 Å². The molecule has 50 heavy (non-hydrogen) atoms. The summed E-state index contributed by atoms with van der Waals surface area (Å²) in [5, 5.41) is 4.21. The van der Waals surface area contributed by atoms with Crippen LogP contribution in [-0.4, -0.2) is 9.97 Å². The lowest BCUT2D eigenvalue weighted by Crippen LogP contribution is -1.98. The quantitative estimate of drug-likeness (QED) is 0.188. The zero-order chi connectivity index (χ0) is 33.0. The van der Waals surface area contributed by atoms with Crippen LogP contribution < -0.4 is 0 Å². The highest BCUT2D eigenvalue weighted by Crippen LogP contribution is 2.45. The smallest absolute Gasteiger partial charge is 0.161 e. The third-order valence-electron chi connectivity index (χ3n) is 9.54. The summed E-state index contributed by atoms with van der Waals surface area (Å²) >= 11 is 0. The Morgan fingerprint density at radius 1 is 0.340 bits per heavy atom. The van der Waals surface area contributed by atoms with Gasteiger partial charge in [-0.3, -0.25) is 0 Å². The molecule has 0 spiro atoms. The summed E-state index contributed by atoms with van der Waals surface area (Å²) in [6.45, 7) is 0. The van der Waals surface area contributed by atoms with Gasteiger partial charge in [-0.2, -0.15) is 0 Å². The summed E-state index contributed by atoms with van der Waals surface area (Å²) in [4.78, 5) is 10.5. The lowest BCUT2D eigenvalue weighted by atomic mass is 9.95. The number of hydrogen-bond donors (Lipinski definition) is 0. The lowest BCUT2D eigenvalue weighted by Gasteiger charge is -2.14. The van der Waals surface area contributed by atoms with Crippen LogP contribution in [0.2, 0.25) is 0 Å². The first-order valence-corrected chi connectivity index (χ1v) is 16.7. The topological polar surface area (TPSA) is 52.1 Å². The molecule has 0 bridgehead atoms. The molecule has 0 saturated heterocycles. The molecule has 0 fully saturated rings. The van der Waals surface area contributed by atoms with Crippen molar-refractivity contribution in [1.82, 2.24) is 9.97 Å². The minimum atomic E-state index is 0.665. The number of benzene rings is 7.